The summed E-state index contributed by atoms with van der Waals surface area (Å²) in [4.78, 5) is 19.4. The molecule has 0 aromatic heterocycles. The van der Waals surface area contributed by atoms with Crippen molar-refractivity contribution in [3.63, 3.8) is 0 Å². The summed E-state index contributed by atoms with van der Waals surface area (Å²) < 4.78 is 373. The van der Waals surface area contributed by atoms with Crippen LogP contribution < -0.4 is 0 Å². The normalized spacial score (nSPS) is 15.8. The van der Waals surface area contributed by atoms with Gasteiger partial charge in [0, 0.05) is 17.1 Å². The summed E-state index contributed by atoms with van der Waals surface area (Å²) in [5, 5.41) is 15.1. The van der Waals surface area contributed by atoms with E-state index in [1.165, 1.54) is 0 Å². The molecule has 0 saturated carbocycles. The van der Waals surface area contributed by atoms with Crippen molar-refractivity contribution in [2.75, 3.05) is 0 Å². The minimum atomic E-state index is -8.47. The summed E-state index contributed by atoms with van der Waals surface area (Å²) in [6, 6.07) is 0. The van der Waals surface area contributed by atoms with Crippen LogP contribution in [0.2, 0.25) is 0 Å². The second kappa shape index (κ2) is 13.3. The van der Waals surface area contributed by atoms with Crippen LogP contribution >= 0.6 is 0 Å². The first-order valence-corrected chi connectivity index (χ1v) is 10.0. The predicted molar refractivity (Wildman–Crippen MR) is 86.7 cm³/mol. The van der Waals surface area contributed by atoms with Crippen LogP contribution in [0.4, 0.5) is 132 Å². The quantitative estimate of drug-likeness (QED) is 0.152. The molecule has 0 saturated heterocycles. The smallest absolute Gasteiger partial charge is 0.460 e. The minimum Gasteiger partial charge on any atom is -0.477 e. The molecule has 0 heterocycles. The van der Waals surface area contributed by atoms with Crippen molar-refractivity contribution in [2.45, 2.75) is 83.4 Å². The van der Waals surface area contributed by atoms with Gasteiger partial charge in [0.2, 0.25) is 0 Å². The van der Waals surface area contributed by atoms with Gasteiger partial charge in [-0.25, -0.2) is 9.59 Å². The first-order valence-electron chi connectivity index (χ1n) is 10.0. The summed E-state index contributed by atoms with van der Waals surface area (Å²) in [6.45, 7) is 0. The molecule has 0 aliphatic carbocycles. The van der Waals surface area contributed by atoms with Gasteiger partial charge in [0.1, 0.15) is 0 Å². The van der Waals surface area contributed by atoms with Crippen molar-refractivity contribution in [1.82, 2.24) is 0 Å². The van der Waals surface area contributed by atoms with Crippen molar-refractivity contribution in [3.8, 4) is 0 Å². The van der Waals surface area contributed by atoms with Crippen molar-refractivity contribution < 1.29 is 169 Å². The molecule has 0 rings (SSSR count). The first kappa shape index (κ1) is 52.7. The van der Waals surface area contributed by atoms with E-state index in [4.69, 9.17) is 10.2 Å². The van der Waals surface area contributed by atoms with Gasteiger partial charge in [-0.1, -0.05) is 0 Å². The van der Waals surface area contributed by atoms with Gasteiger partial charge in [0.15, 0.2) is 0 Å². The maximum absolute atomic E-state index is 12.8. The predicted octanol–water partition coefficient (Wildman–Crippen LogP) is 8.89. The van der Waals surface area contributed by atoms with Gasteiger partial charge < -0.3 is 10.2 Å². The third kappa shape index (κ3) is 7.07. The summed E-state index contributed by atoms with van der Waals surface area (Å²) in [6.07, 6.45) is -15.4. The second-order valence-electron chi connectivity index (χ2n) is 8.50. The number of carbonyl (C=O) groups is 2. The van der Waals surface area contributed by atoms with Gasteiger partial charge in [-0.3, -0.25) is 0 Å². The Hall–Kier alpha value is -2.64. The minimum absolute atomic E-state index is 0. The van der Waals surface area contributed by atoms with E-state index in [0.29, 0.717) is 0 Å². The average molecular weight is 892 g/mol. The number of aliphatic carboxylic acids is 2. The molecule has 0 amide bonds. The molecule has 35 heteroatoms. The van der Waals surface area contributed by atoms with E-state index in [0.717, 1.165) is 0 Å². The number of carboxylic acids is 2. The fourth-order valence-electron chi connectivity index (χ4n) is 2.20. The van der Waals surface area contributed by atoms with Crippen molar-refractivity contribution in [1.29, 1.82) is 0 Å². The number of hydrogen-bond donors (Lipinski definition) is 2. The number of halogens is 30. The zero-order valence-electron chi connectivity index (χ0n) is 21.4. The van der Waals surface area contributed by atoms with Crippen LogP contribution in [0.3, 0.4) is 0 Å². The molecule has 4 nitrogen and oxygen atoms in total. The van der Waals surface area contributed by atoms with Crippen LogP contribution in [0, 0.1) is 0 Å². The number of hydrogen-bond acceptors (Lipinski definition) is 2. The molecule has 0 aromatic carbocycles. The van der Waals surface area contributed by atoms with Crippen molar-refractivity contribution >= 4 is 11.9 Å². The van der Waals surface area contributed by atoms with E-state index in [2.05, 4.69) is 0 Å². The molecule has 2 N–H and O–H groups in total. The van der Waals surface area contributed by atoms with Crippen LogP contribution in [0.1, 0.15) is 0 Å². The largest absolute Gasteiger partial charge is 0.477 e. The molecule has 0 unspecified atom stereocenters. The summed E-state index contributed by atoms with van der Waals surface area (Å²) >= 11 is 0. The molecule has 0 fully saturated rings. The van der Waals surface area contributed by atoms with Gasteiger partial charge >= 0.3 is 95.4 Å². The van der Waals surface area contributed by atoms with Crippen molar-refractivity contribution in [2.24, 2.45) is 0 Å². The molecule has 51 heavy (non-hydrogen) atoms. The van der Waals surface area contributed by atoms with E-state index in [1.54, 1.807) is 0 Å². The second-order valence-corrected chi connectivity index (χ2v) is 8.50. The van der Waals surface area contributed by atoms with Crippen LogP contribution in [0.5, 0.6) is 0 Å². The Kier molecular flexibility index (Phi) is 13.8. The van der Waals surface area contributed by atoms with Gasteiger partial charge in [0.25, 0.3) is 0 Å². The molecule has 311 valence electrons. The van der Waals surface area contributed by atoms with Crippen LogP contribution in [0.15, 0.2) is 0 Å². The summed E-state index contributed by atoms with van der Waals surface area (Å²) in [5.74, 6) is -106. The summed E-state index contributed by atoms with van der Waals surface area (Å²) in [5.41, 5.74) is 0. The van der Waals surface area contributed by atoms with Gasteiger partial charge in [-0.2, -0.15) is 132 Å². The van der Waals surface area contributed by atoms with E-state index >= 15 is 0 Å². The molecular formula is C16H2CuF30O4. The number of carboxylic acid groups (broad SMARTS) is 2. The molecule has 0 aliphatic rings. The van der Waals surface area contributed by atoms with E-state index in [9.17, 15) is 141 Å². The van der Waals surface area contributed by atoms with E-state index in [1.807, 2.05) is 0 Å². The average Bonchev–Trinajstić information content (AvgIpc) is 2.86. The molecule has 1 radical (unpaired) electrons. The van der Waals surface area contributed by atoms with E-state index in [-0.39, 0.29) is 17.1 Å². The Balaban J connectivity index is -0.000000886. The standard InChI is InChI=1S/2C8HF15O2.Cu/c2*9-2(10,1(24)25)3(11,12)4(13,14)5(15,16)6(17,18)7(19,20)8(21,22)23;/h2*(H,24,25);. The topological polar surface area (TPSA) is 74.6 Å². The third-order valence-corrected chi connectivity index (χ3v) is 5.19. The molecule has 0 atom stereocenters. The van der Waals surface area contributed by atoms with Gasteiger partial charge in [0.05, 0.1) is 0 Å². The Morgan fingerprint density at radius 3 is 0.490 bits per heavy atom. The third-order valence-electron chi connectivity index (χ3n) is 5.19. The zero-order valence-corrected chi connectivity index (χ0v) is 22.3. The van der Waals surface area contributed by atoms with Crippen LogP contribution in [-0.2, 0) is 26.7 Å². The SMILES string of the molecule is O=C(O)C(F)(F)C(F)(F)C(F)(F)C(F)(F)C(F)(F)C(F)(F)C(F)(F)F.O=C(O)C(F)(F)C(F)(F)C(F)(F)C(F)(F)C(F)(F)C(F)(F)C(F)(F)F.[Cu]. The fraction of sp³-hybridized carbons (Fsp3) is 0.875. The van der Waals surface area contributed by atoms with Gasteiger partial charge in [-0.15, -0.1) is 0 Å². The van der Waals surface area contributed by atoms with Crippen LogP contribution in [0.25, 0.3) is 0 Å². The Morgan fingerprint density at radius 2 is 0.373 bits per heavy atom. The Labute approximate surface area is 265 Å². The molecule has 0 aromatic rings. The Morgan fingerprint density at radius 1 is 0.255 bits per heavy atom. The monoisotopic (exact) mass is 891 g/mol. The maximum atomic E-state index is 12.8. The number of alkyl halides is 30. The fourth-order valence-corrected chi connectivity index (χ4v) is 2.20. The molecular weight excluding hydrogens is 890 g/mol. The van der Waals surface area contributed by atoms with Gasteiger partial charge in [-0.05, 0) is 0 Å². The summed E-state index contributed by atoms with van der Waals surface area (Å²) in [7, 11) is 0. The molecule has 0 bridgehead atoms. The maximum Gasteiger partial charge on any atom is 0.460 e. The number of rotatable bonds is 12. The first-order chi connectivity index (χ1) is 20.9. The zero-order chi connectivity index (χ0) is 42.2. The van der Waals surface area contributed by atoms with Crippen LogP contribution in [-0.4, -0.2) is 106 Å². The molecule has 0 spiro atoms. The molecule has 0 aliphatic heterocycles. The Bertz CT molecular complexity index is 1160. The van der Waals surface area contributed by atoms with E-state index < -0.39 is 95.4 Å². The van der Waals surface area contributed by atoms with Crippen molar-refractivity contribution in [3.05, 3.63) is 0 Å².